The summed E-state index contributed by atoms with van der Waals surface area (Å²) in [6.45, 7) is 5.32. The molecule has 2 unspecified atom stereocenters. The SMILES string of the molecule is CC1CCCN(S(=O)(=O)N(C)C(C)CBr)C1. The monoisotopic (exact) mass is 312 g/mol. The molecule has 0 aromatic heterocycles. The molecular formula is C10H21BrN2O2S. The maximum absolute atomic E-state index is 12.3. The van der Waals surface area contributed by atoms with Crippen molar-refractivity contribution in [3.63, 3.8) is 0 Å². The maximum atomic E-state index is 12.3. The minimum atomic E-state index is -3.27. The van der Waals surface area contributed by atoms with E-state index in [0.717, 1.165) is 12.8 Å². The fourth-order valence-corrected chi connectivity index (χ4v) is 4.18. The summed E-state index contributed by atoms with van der Waals surface area (Å²) in [5.41, 5.74) is 0. The molecule has 0 saturated carbocycles. The lowest BCUT2D eigenvalue weighted by Gasteiger charge is -2.34. The van der Waals surface area contributed by atoms with Gasteiger partial charge in [0.2, 0.25) is 0 Å². The summed E-state index contributed by atoms with van der Waals surface area (Å²) in [7, 11) is -1.62. The first kappa shape index (κ1) is 14.4. The molecule has 0 aromatic rings. The van der Waals surface area contributed by atoms with Crippen molar-refractivity contribution in [2.24, 2.45) is 5.92 Å². The van der Waals surface area contributed by atoms with Crippen LogP contribution >= 0.6 is 15.9 Å². The van der Waals surface area contributed by atoms with Crippen molar-refractivity contribution in [3.05, 3.63) is 0 Å². The molecule has 1 saturated heterocycles. The molecule has 96 valence electrons. The Morgan fingerprint density at radius 2 is 2.19 bits per heavy atom. The third-order valence-electron chi connectivity index (χ3n) is 3.15. The van der Waals surface area contributed by atoms with E-state index >= 15 is 0 Å². The molecule has 0 bridgehead atoms. The van der Waals surface area contributed by atoms with Crippen molar-refractivity contribution < 1.29 is 8.42 Å². The average molecular weight is 313 g/mol. The predicted molar refractivity (Wildman–Crippen MR) is 69.9 cm³/mol. The lowest BCUT2D eigenvalue weighted by molar-refractivity contribution is 0.257. The Hall–Kier alpha value is 0.350. The van der Waals surface area contributed by atoms with Crippen molar-refractivity contribution >= 4 is 26.1 Å². The Morgan fingerprint density at radius 3 is 2.69 bits per heavy atom. The second kappa shape index (κ2) is 5.80. The Morgan fingerprint density at radius 1 is 1.56 bits per heavy atom. The van der Waals surface area contributed by atoms with Gasteiger partial charge in [0, 0.05) is 31.5 Å². The highest BCUT2D eigenvalue weighted by molar-refractivity contribution is 9.09. The number of nitrogens with zero attached hydrogens (tertiary/aromatic N) is 2. The number of alkyl halides is 1. The molecule has 6 heteroatoms. The van der Waals surface area contributed by atoms with E-state index in [1.54, 1.807) is 11.4 Å². The molecule has 1 aliphatic rings. The van der Waals surface area contributed by atoms with E-state index in [9.17, 15) is 8.42 Å². The van der Waals surface area contributed by atoms with Gasteiger partial charge in [-0.3, -0.25) is 0 Å². The van der Waals surface area contributed by atoms with Gasteiger partial charge in [-0.2, -0.15) is 17.0 Å². The molecule has 0 N–H and O–H groups in total. The second-order valence-electron chi connectivity index (χ2n) is 4.63. The zero-order valence-electron chi connectivity index (χ0n) is 10.2. The van der Waals surface area contributed by atoms with Gasteiger partial charge >= 0.3 is 0 Å². The minimum absolute atomic E-state index is 0.0118. The van der Waals surface area contributed by atoms with Crippen LogP contribution in [0, 0.1) is 5.92 Å². The first-order valence-electron chi connectivity index (χ1n) is 5.68. The quantitative estimate of drug-likeness (QED) is 0.741. The molecule has 0 radical (unpaired) electrons. The summed E-state index contributed by atoms with van der Waals surface area (Å²) >= 11 is 3.32. The highest BCUT2D eigenvalue weighted by Crippen LogP contribution is 2.21. The van der Waals surface area contributed by atoms with Gasteiger partial charge in [0.15, 0.2) is 0 Å². The predicted octanol–water partition coefficient (Wildman–Crippen LogP) is 1.68. The summed E-state index contributed by atoms with van der Waals surface area (Å²) in [6, 6.07) is -0.0118. The Balaban J connectivity index is 2.76. The average Bonchev–Trinajstić information content (AvgIpc) is 2.27. The van der Waals surface area contributed by atoms with E-state index in [2.05, 4.69) is 22.9 Å². The number of rotatable bonds is 4. The maximum Gasteiger partial charge on any atom is 0.282 e. The van der Waals surface area contributed by atoms with Gasteiger partial charge in [0.25, 0.3) is 10.2 Å². The van der Waals surface area contributed by atoms with Crippen molar-refractivity contribution in [2.45, 2.75) is 32.7 Å². The van der Waals surface area contributed by atoms with Crippen LogP contribution in [0.5, 0.6) is 0 Å². The van der Waals surface area contributed by atoms with Crippen molar-refractivity contribution in [1.29, 1.82) is 0 Å². The van der Waals surface area contributed by atoms with Crippen LogP contribution in [0.25, 0.3) is 0 Å². The zero-order chi connectivity index (χ0) is 12.3. The Labute approximate surface area is 107 Å². The molecule has 16 heavy (non-hydrogen) atoms. The van der Waals surface area contributed by atoms with Crippen LogP contribution in [-0.4, -0.2) is 48.5 Å². The Bertz CT molecular complexity index is 321. The Kier molecular flexibility index (Phi) is 5.22. The summed E-state index contributed by atoms with van der Waals surface area (Å²) in [6.07, 6.45) is 2.10. The fraction of sp³-hybridized carbons (Fsp3) is 1.00. The van der Waals surface area contributed by atoms with Crippen LogP contribution in [0.2, 0.25) is 0 Å². The van der Waals surface area contributed by atoms with Gasteiger partial charge in [-0.05, 0) is 25.7 Å². The number of piperidine rings is 1. The molecule has 0 aromatic carbocycles. The van der Waals surface area contributed by atoms with Crippen LogP contribution < -0.4 is 0 Å². The van der Waals surface area contributed by atoms with Crippen molar-refractivity contribution in [1.82, 2.24) is 8.61 Å². The topological polar surface area (TPSA) is 40.6 Å². The van der Waals surface area contributed by atoms with E-state index < -0.39 is 10.2 Å². The highest BCUT2D eigenvalue weighted by atomic mass is 79.9. The molecule has 4 nitrogen and oxygen atoms in total. The zero-order valence-corrected chi connectivity index (χ0v) is 12.6. The van der Waals surface area contributed by atoms with Gasteiger partial charge in [0.05, 0.1) is 0 Å². The van der Waals surface area contributed by atoms with Gasteiger partial charge in [-0.15, -0.1) is 0 Å². The first-order chi connectivity index (χ1) is 7.39. The smallest absolute Gasteiger partial charge is 0.195 e. The number of hydrogen-bond donors (Lipinski definition) is 0. The van der Waals surface area contributed by atoms with Gasteiger partial charge in [-0.25, -0.2) is 0 Å². The van der Waals surface area contributed by atoms with Gasteiger partial charge < -0.3 is 0 Å². The largest absolute Gasteiger partial charge is 0.282 e. The molecule has 0 spiro atoms. The minimum Gasteiger partial charge on any atom is -0.195 e. The van der Waals surface area contributed by atoms with E-state index in [0.29, 0.717) is 24.3 Å². The number of halogens is 1. The molecule has 1 fully saturated rings. The third kappa shape index (κ3) is 3.18. The molecule has 0 aliphatic carbocycles. The van der Waals surface area contributed by atoms with E-state index in [1.807, 2.05) is 6.92 Å². The fourth-order valence-electron chi connectivity index (χ4n) is 1.86. The van der Waals surface area contributed by atoms with E-state index in [4.69, 9.17) is 0 Å². The molecular weight excluding hydrogens is 292 g/mol. The van der Waals surface area contributed by atoms with Crippen molar-refractivity contribution in [2.75, 3.05) is 25.5 Å². The summed E-state index contributed by atoms with van der Waals surface area (Å²) in [5.74, 6) is 0.469. The second-order valence-corrected chi connectivity index (χ2v) is 7.27. The van der Waals surface area contributed by atoms with Gasteiger partial charge in [0.1, 0.15) is 0 Å². The summed E-state index contributed by atoms with van der Waals surface area (Å²) in [5, 5.41) is 0.659. The van der Waals surface area contributed by atoms with Crippen LogP contribution in [0.3, 0.4) is 0 Å². The molecule has 0 amide bonds. The van der Waals surface area contributed by atoms with E-state index in [-0.39, 0.29) is 6.04 Å². The summed E-state index contributed by atoms with van der Waals surface area (Å²) in [4.78, 5) is 0. The van der Waals surface area contributed by atoms with Crippen LogP contribution in [-0.2, 0) is 10.2 Å². The standard InChI is InChI=1S/C10H21BrN2O2S/c1-9-5-4-6-13(8-9)16(14,15)12(3)10(2)7-11/h9-10H,4-8H2,1-3H3. The molecule has 1 aliphatic heterocycles. The molecule has 2 atom stereocenters. The summed E-state index contributed by atoms with van der Waals surface area (Å²) < 4.78 is 27.6. The lowest BCUT2D eigenvalue weighted by Crippen LogP contribution is -2.49. The highest BCUT2D eigenvalue weighted by Gasteiger charge is 2.32. The third-order valence-corrected chi connectivity index (χ3v) is 6.16. The normalized spacial score (nSPS) is 25.9. The van der Waals surface area contributed by atoms with Crippen LogP contribution in [0.4, 0.5) is 0 Å². The molecule has 1 heterocycles. The number of hydrogen-bond acceptors (Lipinski definition) is 2. The van der Waals surface area contributed by atoms with Crippen molar-refractivity contribution in [3.8, 4) is 0 Å². The van der Waals surface area contributed by atoms with Crippen LogP contribution in [0.1, 0.15) is 26.7 Å². The van der Waals surface area contributed by atoms with Gasteiger partial charge in [-0.1, -0.05) is 22.9 Å². The molecule has 1 rings (SSSR count). The lowest BCUT2D eigenvalue weighted by atomic mass is 10.0. The van der Waals surface area contributed by atoms with Crippen LogP contribution in [0.15, 0.2) is 0 Å². The first-order valence-corrected chi connectivity index (χ1v) is 8.20. The van der Waals surface area contributed by atoms with E-state index in [1.165, 1.54) is 4.31 Å².